The molecule has 18 heavy (non-hydrogen) atoms. The Kier molecular flexibility index (Phi) is 3.68. The monoisotopic (exact) mass is 259 g/mol. The molecule has 3 rings (SSSR count). The standard InChI is InChI=1S/C14H12N2.CH3Cl/c1-10-5-4-7-12-13(15)9-11-6-2-3-8-16(11)14(10)12;1-2/h2-9,15H,1H3;1H3/p+1. The van der Waals surface area contributed by atoms with Crippen molar-refractivity contribution in [3.8, 4) is 0 Å². The molecule has 3 aromatic rings. The van der Waals surface area contributed by atoms with Gasteiger partial charge in [-0.05, 0) is 19.1 Å². The molecule has 0 saturated carbocycles. The molecule has 2 heterocycles. The molecule has 3 heteroatoms. The maximum absolute atomic E-state index is 6.08. The number of aryl methyl sites for hydroxylation is 1. The van der Waals surface area contributed by atoms with E-state index in [1.165, 1.54) is 17.5 Å². The zero-order chi connectivity index (χ0) is 13.1. The number of rotatable bonds is 0. The van der Waals surface area contributed by atoms with Gasteiger partial charge < -0.3 is 5.73 Å². The SMILES string of the molecule is CCl.Cc1cccc2c(N)cc3cccc[n+]3c12. The van der Waals surface area contributed by atoms with Gasteiger partial charge in [-0.25, -0.2) is 0 Å². The lowest BCUT2D eigenvalue weighted by Crippen LogP contribution is -2.23. The van der Waals surface area contributed by atoms with Gasteiger partial charge in [0.2, 0.25) is 11.0 Å². The molecule has 0 aliphatic heterocycles. The number of alkyl halides is 1. The maximum atomic E-state index is 6.08. The normalized spacial score (nSPS) is 10.2. The van der Waals surface area contributed by atoms with Crippen LogP contribution in [0.15, 0.2) is 48.7 Å². The van der Waals surface area contributed by atoms with Gasteiger partial charge in [-0.2, -0.15) is 4.40 Å². The average Bonchev–Trinajstić information content (AvgIpc) is 2.41. The fourth-order valence-electron chi connectivity index (χ4n) is 2.23. The maximum Gasteiger partial charge on any atom is 0.223 e. The molecule has 0 amide bonds. The van der Waals surface area contributed by atoms with Gasteiger partial charge in [0.25, 0.3) is 0 Å². The first-order valence-corrected chi connectivity index (χ1v) is 6.49. The van der Waals surface area contributed by atoms with Crippen LogP contribution in [0.1, 0.15) is 5.56 Å². The molecule has 92 valence electrons. The molecule has 0 bridgehead atoms. The van der Waals surface area contributed by atoms with E-state index in [1.54, 1.807) is 0 Å². The van der Waals surface area contributed by atoms with E-state index < -0.39 is 0 Å². The summed E-state index contributed by atoms with van der Waals surface area (Å²) in [6.07, 6.45) is 3.55. The fourth-order valence-corrected chi connectivity index (χ4v) is 2.23. The Hall–Kier alpha value is -1.80. The van der Waals surface area contributed by atoms with E-state index in [-0.39, 0.29) is 0 Å². The van der Waals surface area contributed by atoms with Crippen molar-refractivity contribution in [2.45, 2.75) is 6.92 Å². The van der Waals surface area contributed by atoms with Crippen molar-refractivity contribution in [1.29, 1.82) is 0 Å². The van der Waals surface area contributed by atoms with E-state index >= 15 is 0 Å². The van der Waals surface area contributed by atoms with Gasteiger partial charge in [-0.15, -0.1) is 11.6 Å². The zero-order valence-corrected chi connectivity index (χ0v) is 11.3. The molecule has 0 fully saturated rings. The summed E-state index contributed by atoms with van der Waals surface area (Å²) in [6.45, 7) is 2.11. The summed E-state index contributed by atoms with van der Waals surface area (Å²) in [5, 5.41) is 1.11. The second-order valence-electron chi connectivity index (χ2n) is 4.07. The van der Waals surface area contributed by atoms with Crippen molar-refractivity contribution in [2.24, 2.45) is 0 Å². The number of nitrogens with zero attached hydrogens (tertiary/aromatic N) is 1. The second kappa shape index (κ2) is 5.23. The van der Waals surface area contributed by atoms with Crippen molar-refractivity contribution in [2.75, 3.05) is 12.1 Å². The number of benzene rings is 1. The lowest BCUT2D eigenvalue weighted by Gasteiger charge is -2.02. The van der Waals surface area contributed by atoms with E-state index in [2.05, 4.69) is 47.3 Å². The number of hydrogen-bond acceptors (Lipinski definition) is 1. The third-order valence-corrected chi connectivity index (χ3v) is 2.98. The summed E-state index contributed by atoms with van der Waals surface area (Å²) in [5.74, 6) is 0. The number of anilines is 1. The summed E-state index contributed by atoms with van der Waals surface area (Å²) in [6, 6.07) is 14.4. The minimum Gasteiger partial charge on any atom is -0.398 e. The Morgan fingerprint density at radius 3 is 2.61 bits per heavy atom. The van der Waals surface area contributed by atoms with E-state index in [1.807, 2.05) is 24.3 Å². The zero-order valence-electron chi connectivity index (χ0n) is 10.5. The van der Waals surface area contributed by atoms with E-state index in [9.17, 15) is 0 Å². The minimum absolute atomic E-state index is 0.838. The number of fused-ring (bicyclic) bond motifs is 3. The van der Waals surface area contributed by atoms with Crippen LogP contribution < -0.4 is 10.1 Å². The Balaban J connectivity index is 0.000000574. The third-order valence-electron chi connectivity index (χ3n) is 2.98. The lowest BCUT2D eigenvalue weighted by molar-refractivity contribution is -0.481. The molecule has 0 aliphatic carbocycles. The van der Waals surface area contributed by atoms with Crippen LogP contribution in [0.4, 0.5) is 5.69 Å². The van der Waals surface area contributed by atoms with Crippen molar-refractivity contribution < 1.29 is 4.40 Å². The van der Waals surface area contributed by atoms with Crippen LogP contribution in [0.2, 0.25) is 0 Å². The van der Waals surface area contributed by atoms with Crippen LogP contribution in [-0.2, 0) is 0 Å². The third kappa shape index (κ3) is 2.00. The van der Waals surface area contributed by atoms with Gasteiger partial charge in [-0.3, -0.25) is 0 Å². The Labute approximate surface area is 112 Å². The molecule has 0 radical (unpaired) electrons. The second-order valence-corrected chi connectivity index (χ2v) is 4.07. The van der Waals surface area contributed by atoms with Crippen LogP contribution in [-0.4, -0.2) is 6.38 Å². The molecular weight excluding hydrogens is 244 g/mol. The Bertz CT molecular complexity index is 692. The van der Waals surface area contributed by atoms with Gasteiger partial charge in [0, 0.05) is 30.1 Å². The summed E-state index contributed by atoms with van der Waals surface area (Å²) in [7, 11) is 0. The number of nitrogen functional groups attached to an aromatic ring is 1. The molecule has 0 saturated heterocycles. The number of pyridine rings is 2. The highest BCUT2D eigenvalue weighted by Crippen LogP contribution is 2.21. The highest BCUT2D eigenvalue weighted by Gasteiger charge is 2.13. The van der Waals surface area contributed by atoms with Crippen molar-refractivity contribution in [3.05, 3.63) is 54.2 Å². The predicted octanol–water partition coefficient (Wildman–Crippen LogP) is 3.32. The molecule has 0 unspecified atom stereocenters. The van der Waals surface area contributed by atoms with Gasteiger partial charge in [0.1, 0.15) is 0 Å². The highest BCUT2D eigenvalue weighted by atomic mass is 35.5. The highest BCUT2D eigenvalue weighted by molar-refractivity contribution is 6.15. The molecular formula is C15H16ClN2+. The Morgan fingerprint density at radius 1 is 1.06 bits per heavy atom. The predicted molar refractivity (Wildman–Crippen MR) is 78.0 cm³/mol. The van der Waals surface area contributed by atoms with Crippen LogP contribution >= 0.6 is 11.6 Å². The van der Waals surface area contributed by atoms with E-state index in [4.69, 9.17) is 5.73 Å². The largest absolute Gasteiger partial charge is 0.398 e. The van der Waals surface area contributed by atoms with Crippen LogP contribution in [0.3, 0.4) is 0 Å². The fraction of sp³-hybridized carbons (Fsp3) is 0.133. The average molecular weight is 260 g/mol. The first kappa shape index (κ1) is 12.7. The van der Waals surface area contributed by atoms with E-state index in [0.29, 0.717) is 0 Å². The molecule has 0 spiro atoms. The minimum atomic E-state index is 0.838. The van der Waals surface area contributed by atoms with Gasteiger partial charge >= 0.3 is 0 Å². The van der Waals surface area contributed by atoms with Gasteiger partial charge in [-0.1, -0.05) is 12.1 Å². The van der Waals surface area contributed by atoms with Gasteiger partial charge in [0.15, 0.2) is 6.20 Å². The summed E-state index contributed by atoms with van der Waals surface area (Å²) >= 11 is 4.64. The topological polar surface area (TPSA) is 30.1 Å². The lowest BCUT2D eigenvalue weighted by atomic mass is 10.1. The molecule has 2 aromatic heterocycles. The molecule has 2 nitrogen and oxygen atoms in total. The quantitative estimate of drug-likeness (QED) is 0.375. The van der Waals surface area contributed by atoms with Crippen LogP contribution in [0, 0.1) is 6.92 Å². The molecule has 1 aromatic carbocycles. The number of halogens is 1. The first-order chi connectivity index (χ1) is 8.77. The van der Waals surface area contributed by atoms with Gasteiger partial charge in [0.05, 0.1) is 11.1 Å². The molecule has 2 N–H and O–H groups in total. The number of para-hydroxylation sites is 1. The molecule has 0 aliphatic rings. The van der Waals surface area contributed by atoms with E-state index in [0.717, 1.165) is 16.6 Å². The van der Waals surface area contributed by atoms with Crippen LogP contribution in [0.5, 0.6) is 0 Å². The number of nitrogens with two attached hydrogens (primary N) is 1. The van der Waals surface area contributed by atoms with Crippen molar-refractivity contribution in [3.63, 3.8) is 0 Å². The summed E-state index contributed by atoms with van der Waals surface area (Å²) in [5.41, 5.74) is 10.5. The smallest absolute Gasteiger partial charge is 0.223 e. The Morgan fingerprint density at radius 2 is 1.83 bits per heavy atom. The number of aromatic nitrogens is 1. The van der Waals surface area contributed by atoms with Crippen molar-refractivity contribution in [1.82, 2.24) is 0 Å². The van der Waals surface area contributed by atoms with Crippen molar-refractivity contribution >= 4 is 33.7 Å². The van der Waals surface area contributed by atoms with Crippen LogP contribution in [0.25, 0.3) is 16.4 Å². The first-order valence-electron chi connectivity index (χ1n) is 5.73. The summed E-state index contributed by atoms with van der Waals surface area (Å²) in [4.78, 5) is 0. The number of hydrogen-bond donors (Lipinski definition) is 1. The summed E-state index contributed by atoms with van der Waals surface area (Å²) < 4.78 is 2.18. The molecule has 0 atom stereocenters.